The topological polar surface area (TPSA) is 137 Å². The summed E-state index contributed by atoms with van der Waals surface area (Å²) in [5.41, 5.74) is -2.02. The van der Waals surface area contributed by atoms with Crippen molar-refractivity contribution in [3.8, 4) is 5.69 Å². The molecule has 11 heteroatoms. The minimum atomic E-state index is -3.64. The van der Waals surface area contributed by atoms with Crippen molar-refractivity contribution in [2.45, 2.75) is 5.88 Å². The summed E-state index contributed by atoms with van der Waals surface area (Å²) in [7, 11) is -3.64. The fourth-order valence-corrected chi connectivity index (χ4v) is 3.18. The zero-order valence-electron chi connectivity index (χ0n) is 12.9. The van der Waals surface area contributed by atoms with Gasteiger partial charge in [-0.15, -0.1) is 0 Å². The van der Waals surface area contributed by atoms with Gasteiger partial charge in [-0.3, -0.25) is 14.9 Å². The first-order valence-corrected chi connectivity index (χ1v) is 9.00. The first kappa shape index (κ1) is 16.6. The van der Waals surface area contributed by atoms with Crippen molar-refractivity contribution < 1.29 is 13.3 Å². The van der Waals surface area contributed by atoms with Gasteiger partial charge in [-0.2, -0.15) is 0 Å². The lowest BCUT2D eigenvalue weighted by atomic mass is 10.2. The Hall–Kier alpha value is -3.21. The Morgan fingerprint density at radius 2 is 1.84 bits per heavy atom. The van der Waals surface area contributed by atoms with Crippen molar-refractivity contribution >= 4 is 26.4 Å². The highest BCUT2D eigenvalue weighted by Gasteiger charge is 2.20. The lowest BCUT2D eigenvalue weighted by Gasteiger charge is -2.08. The van der Waals surface area contributed by atoms with Gasteiger partial charge in [0.25, 0.3) is 11.2 Å². The summed E-state index contributed by atoms with van der Waals surface area (Å²) in [4.78, 5) is 37.5. The molecule has 0 radical (unpaired) electrons. The molecule has 0 saturated heterocycles. The smallest absolute Gasteiger partial charge is 0.318 e. The normalized spacial score (nSPS) is 11.7. The number of sulfone groups is 1. The predicted molar refractivity (Wildman–Crippen MR) is 89.7 cm³/mol. The van der Waals surface area contributed by atoms with Gasteiger partial charge >= 0.3 is 5.69 Å². The number of nitro groups is 1. The van der Waals surface area contributed by atoms with Gasteiger partial charge < -0.3 is 9.55 Å². The minimum Gasteiger partial charge on any atom is -0.318 e. The molecule has 2 heterocycles. The van der Waals surface area contributed by atoms with Crippen molar-refractivity contribution in [3.05, 3.63) is 67.6 Å². The van der Waals surface area contributed by atoms with E-state index in [1.54, 1.807) is 24.5 Å². The summed E-state index contributed by atoms with van der Waals surface area (Å²) < 4.78 is 24.9. The Morgan fingerprint density at radius 3 is 2.40 bits per heavy atom. The predicted octanol–water partition coefficient (Wildman–Crippen LogP) is 0.391. The molecule has 0 atom stereocenters. The summed E-state index contributed by atoms with van der Waals surface area (Å²) in [5.74, 6) is -0.785. The average Bonchev–Trinajstić information content (AvgIpc) is 3.03. The molecule has 0 aliphatic heterocycles. The maximum Gasteiger partial charge on any atom is 0.329 e. The van der Waals surface area contributed by atoms with Crippen LogP contribution in [0.15, 0.2) is 46.2 Å². The number of hydrogen-bond acceptors (Lipinski definition) is 6. The molecular formula is C14H12N4O6S. The van der Waals surface area contributed by atoms with Gasteiger partial charge in [0.2, 0.25) is 0 Å². The van der Waals surface area contributed by atoms with Crippen molar-refractivity contribution in [1.82, 2.24) is 14.1 Å². The van der Waals surface area contributed by atoms with E-state index in [2.05, 4.69) is 4.98 Å². The standard InChI is InChI=1S/C14H12N4O6S/c1-25(23,24)8-17-13(19)9-6-11(16-4-2-3-5-16)12(18(21)22)7-10(9)15-14(17)20/h2-7H,8H2,1H3,(H,15,20). The molecule has 0 bridgehead atoms. The van der Waals surface area contributed by atoms with Crippen LogP contribution in [-0.4, -0.2) is 33.7 Å². The monoisotopic (exact) mass is 364 g/mol. The fourth-order valence-electron chi connectivity index (χ4n) is 2.48. The van der Waals surface area contributed by atoms with Crippen LogP contribution >= 0.6 is 0 Å². The number of aromatic nitrogens is 3. The first-order valence-electron chi connectivity index (χ1n) is 6.94. The lowest BCUT2D eigenvalue weighted by Crippen LogP contribution is -2.37. The zero-order valence-corrected chi connectivity index (χ0v) is 13.7. The maximum absolute atomic E-state index is 12.5. The van der Waals surface area contributed by atoms with E-state index in [1.807, 2.05) is 0 Å². The Balaban J connectivity index is 2.39. The number of nitro benzene ring substituents is 1. The molecule has 0 unspecified atom stereocenters. The number of fused-ring (bicyclic) bond motifs is 1. The van der Waals surface area contributed by atoms with Crippen LogP contribution in [0.3, 0.4) is 0 Å². The van der Waals surface area contributed by atoms with Crippen molar-refractivity contribution in [1.29, 1.82) is 0 Å². The van der Waals surface area contributed by atoms with Gasteiger partial charge in [0.1, 0.15) is 11.6 Å². The van der Waals surface area contributed by atoms with Crippen LogP contribution in [0.1, 0.15) is 0 Å². The third kappa shape index (κ3) is 3.08. The van der Waals surface area contributed by atoms with E-state index in [-0.39, 0.29) is 22.3 Å². The molecule has 0 saturated carbocycles. The number of benzene rings is 1. The molecule has 3 rings (SSSR count). The van der Waals surface area contributed by atoms with Gasteiger partial charge in [-0.05, 0) is 18.2 Å². The summed E-state index contributed by atoms with van der Waals surface area (Å²) in [5, 5.41) is 11.3. The van der Waals surface area contributed by atoms with Crippen LogP contribution < -0.4 is 11.2 Å². The number of rotatable bonds is 4. The highest BCUT2D eigenvalue weighted by Crippen LogP contribution is 2.26. The van der Waals surface area contributed by atoms with Crippen LogP contribution in [0.5, 0.6) is 0 Å². The van der Waals surface area contributed by atoms with Gasteiger partial charge in [0.05, 0.1) is 15.8 Å². The third-order valence-electron chi connectivity index (χ3n) is 3.52. The summed E-state index contributed by atoms with van der Waals surface area (Å²) in [6, 6.07) is 5.65. The van der Waals surface area contributed by atoms with E-state index < -0.39 is 31.9 Å². The van der Waals surface area contributed by atoms with Crippen molar-refractivity contribution in [2.24, 2.45) is 0 Å². The maximum atomic E-state index is 12.5. The second-order valence-corrected chi connectivity index (χ2v) is 7.56. The Morgan fingerprint density at radius 1 is 1.20 bits per heavy atom. The number of H-pyrrole nitrogens is 1. The molecule has 2 aromatic heterocycles. The van der Waals surface area contributed by atoms with Crippen molar-refractivity contribution in [2.75, 3.05) is 6.26 Å². The Labute approximate surface area is 140 Å². The molecule has 0 fully saturated rings. The Bertz CT molecular complexity index is 1200. The quantitative estimate of drug-likeness (QED) is 0.525. The van der Waals surface area contributed by atoms with Crippen LogP contribution in [-0.2, 0) is 15.7 Å². The van der Waals surface area contributed by atoms with Gasteiger partial charge in [0, 0.05) is 24.7 Å². The average molecular weight is 364 g/mol. The Kier molecular flexibility index (Phi) is 3.80. The molecule has 10 nitrogen and oxygen atoms in total. The van der Waals surface area contributed by atoms with Crippen molar-refractivity contribution in [3.63, 3.8) is 0 Å². The zero-order chi connectivity index (χ0) is 18.4. The highest BCUT2D eigenvalue weighted by molar-refractivity contribution is 7.89. The van der Waals surface area contributed by atoms with Crippen LogP contribution in [0.25, 0.3) is 16.6 Å². The first-order chi connectivity index (χ1) is 11.7. The van der Waals surface area contributed by atoms with E-state index >= 15 is 0 Å². The number of nitrogens with zero attached hydrogens (tertiary/aromatic N) is 3. The molecule has 130 valence electrons. The summed E-state index contributed by atoms with van der Waals surface area (Å²) >= 11 is 0. The van der Waals surface area contributed by atoms with E-state index in [4.69, 9.17) is 0 Å². The highest BCUT2D eigenvalue weighted by atomic mass is 32.2. The van der Waals surface area contributed by atoms with Gasteiger partial charge in [-0.1, -0.05) is 0 Å². The molecular weight excluding hydrogens is 352 g/mol. The number of nitrogens with one attached hydrogen (secondary N) is 1. The van der Waals surface area contributed by atoms with Crippen LogP contribution in [0, 0.1) is 10.1 Å². The van der Waals surface area contributed by atoms with Crippen LogP contribution in [0.2, 0.25) is 0 Å². The van der Waals surface area contributed by atoms with E-state index in [1.165, 1.54) is 10.6 Å². The number of hydrogen-bond donors (Lipinski definition) is 1. The molecule has 3 aromatic rings. The van der Waals surface area contributed by atoms with E-state index in [0.717, 1.165) is 12.3 Å². The molecule has 25 heavy (non-hydrogen) atoms. The fraction of sp³-hybridized carbons (Fsp3) is 0.143. The SMILES string of the molecule is CS(=O)(=O)Cn1c(=O)[nH]c2cc([N+](=O)[O-])c(-n3cccc3)cc2c1=O. The largest absolute Gasteiger partial charge is 0.329 e. The summed E-state index contributed by atoms with van der Waals surface area (Å²) in [6.45, 7) is 0. The molecule has 0 amide bonds. The minimum absolute atomic E-state index is 0.0300. The second-order valence-electron chi connectivity index (χ2n) is 5.45. The molecule has 0 aliphatic rings. The van der Waals surface area contributed by atoms with Gasteiger partial charge in [0.15, 0.2) is 9.84 Å². The molecule has 0 aliphatic carbocycles. The van der Waals surface area contributed by atoms with Gasteiger partial charge in [-0.25, -0.2) is 17.8 Å². The third-order valence-corrected chi connectivity index (χ3v) is 4.25. The summed E-state index contributed by atoms with van der Waals surface area (Å²) in [6.07, 6.45) is 4.02. The van der Waals surface area contributed by atoms with E-state index in [0.29, 0.717) is 4.57 Å². The molecule has 1 N–H and O–H groups in total. The lowest BCUT2D eigenvalue weighted by molar-refractivity contribution is -0.384. The molecule has 0 spiro atoms. The van der Waals surface area contributed by atoms with Crippen LogP contribution in [0.4, 0.5) is 5.69 Å². The number of aromatic amines is 1. The molecule has 1 aromatic carbocycles. The second kappa shape index (κ2) is 5.70. The van der Waals surface area contributed by atoms with E-state index in [9.17, 15) is 28.1 Å².